The molecule has 0 aromatic rings. The van der Waals surface area contributed by atoms with Crippen molar-refractivity contribution in [1.82, 2.24) is 10.2 Å². The van der Waals surface area contributed by atoms with E-state index in [0.29, 0.717) is 18.5 Å². The average Bonchev–Trinajstić information content (AvgIpc) is 2.99. The van der Waals surface area contributed by atoms with Crippen molar-refractivity contribution < 1.29 is 9.90 Å². The fraction of sp³-hybridized carbons (Fsp3) is 0.938. The normalized spacial score (nSPS) is 27.7. The van der Waals surface area contributed by atoms with Crippen LogP contribution >= 0.6 is 0 Å². The molecule has 0 aromatic carbocycles. The lowest BCUT2D eigenvalue weighted by molar-refractivity contribution is -0.147. The summed E-state index contributed by atoms with van der Waals surface area (Å²) in [6.07, 6.45) is 8.77. The number of nitrogens with zero attached hydrogens (tertiary/aromatic N) is 1. The highest BCUT2D eigenvalue weighted by molar-refractivity contribution is 5.83. The van der Waals surface area contributed by atoms with Crippen LogP contribution in [0.2, 0.25) is 0 Å². The second-order valence-corrected chi connectivity index (χ2v) is 6.47. The van der Waals surface area contributed by atoms with Crippen LogP contribution in [0.1, 0.15) is 58.3 Å². The summed E-state index contributed by atoms with van der Waals surface area (Å²) in [7, 11) is 0. The Morgan fingerprint density at radius 3 is 2.65 bits per heavy atom. The van der Waals surface area contributed by atoms with Crippen molar-refractivity contribution in [3.63, 3.8) is 0 Å². The van der Waals surface area contributed by atoms with E-state index in [1.54, 1.807) is 0 Å². The molecule has 0 radical (unpaired) electrons. The van der Waals surface area contributed by atoms with Gasteiger partial charge in [-0.3, -0.25) is 4.79 Å². The maximum Gasteiger partial charge on any atom is 0.230 e. The molecule has 1 saturated carbocycles. The summed E-state index contributed by atoms with van der Waals surface area (Å²) >= 11 is 0. The van der Waals surface area contributed by atoms with Gasteiger partial charge in [0.15, 0.2) is 0 Å². The van der Waals surface area contributed by atoms with Gasteiger partial charge in [0.25, 0.3) is 0 Å². The summed E-state index contributed by atoms with van der Waals surface area (Å²) in [5.74, 6) is 0.299. The molecular formula is C16H30N2O2. The lowest BCUT2D eigenvalue weighted by Crippen LogP contribution is -2.54. The van der Waals surface area contributed by atoms with Crippen LogP contribution < -0.4 is 5.32 Å². The van der Waals surface area contributed by atoms with Crippen LogP contribution in [0.15, 0.2) is 0 Å². The van der Waals surface area contributed by atoms with Gasteiger partial charge in [-0.15, -0.1) is 0 Å². The minimum absolute atomic E-state index is 0.0812. The van der Waals surface area contributed by atoms with Crippen LogP contribution in [0, 0.1) is 5.41 Å². The Balaban J connectivity index is 2.13. The van der Waals surface area contributed by atoms with Crippen LogP contribution in [-0.4, -0.2) is 48.2 Å². The number of nitrogens with one attached hydrogen (secondary N) is 1. The molecule has 20 heavy (non-hydrogen) atoms. The molecule has 0 bridgehead atoms. The highest BCUT2D eigenvalue weighted by Gasteiger charge is 2.43. The zero-order valence-corrected chi connectivity index (χ0v) is 12.9. The smallest absolute Gasteiger partial charge is 0.230 e. The number of hydrogen-bond acceptors (Lipinski definition) is 3. The van der Waals surface area contributed by atoms with E-state index in [0.717, 1.165) is 51.6 Å². The maximum atomic E-state index is 13.2. The number of carbonyl (C=O) groups is 1. The quantitative estimate of drug-likeness (QED) is 0.782. The van der Waals surface area contributed by atoms with Crippen LogP contribution in [0.4, 0.5) is 0 Å². The number of aliphatic hydroxyl groups excluding tert-OH is 1. The van der Waals surface area contributed by atoms with Crippen LogP contribution in [0.5, 0.6) is 0 Å². The van der Waals surface area contributed by atoms with Gasteiger partial charge < -0.3 is 15.3 Å². The highest BCUT2D eigenvalue weighted by atomic mass is 16.3. The molecule has 2 rings (SSSR count). The summed E-state index contributed by atoms with van der Waals surface area (Å²) < 4.78 is 0. The summed E-state index contributed by atoms with van der Waals surface area (Å²) in [5, 5.41) is 12.8. The first-order valence-corrected chi connectivity index (χ1v) is 8.36. The van der Waals surface area contributed by atoms with Crippen molar-refractivity contribution in [2.24, 2.45) is 5.41 Å². The standard InChI is InChI=1S/C16H30N2O2/c1-2-8-16(9-5-10-17-13-16)15(20)18(11-12-19)14-6-3-4-7-14/h14,17,19H,2-13H2,1H3. The van der Waals surface area contributed by atoms with E-state index in [2.05, 4.69) is 12.2 Å². The number of hydrogen-bond donors (Lipinski definition) is 2. The van der Waals surface area contributed by atoms with Gasteiger partial charge in [0.2, 0.25) is 5.91 Å². The summed E-state index contributed by atoms with van der Waals surface area (Å²) in [6, 6.07) is 0.366. The lowest BCUT2D eigenvalue weighted by atomic mass is 9.75. The molecule has 116 valence electrons. The van der Waals surface area contributed by atoms with E-state index in [4.69, 9.17) is 0 Å². The van der Waals surface area contributed by atoms with Crippen LogP contribution in [0.25, 0.3) is 0 Å². The average molecular weight is 282 g/mol. The van der Waals surface area contributed by atoms with E-state index >= 15 is 0 Å². The van der Waals surface area contributed by atoms with E-state index in [1.807, 2.05) is 4.90 Å². The molecule has 1 amide bonds. The molecule has 1 aliphatic heterocycles. The largest absolute Gasteiger partial charge is 0.395 e. The van der Waals surface area contributed by atoms with Gasteiger partial charge in [0, 0.05) is 19.1 Å². The molecule has 0 spiro atoms. The first kappa shape index (κ1) is 15.8. The Hall–Kier alpha value is -0.610. The third kappa shape index (κ3) is 3.34. The van der Waals surface area contributed by atoms with Crippen LogP contribution in [0.3, 0.4) is 0 Å². The third-order valence-electron chi connectivity index (χ3n) is 5.02. The summed E-state index contributed by atoms with van der Waals surface area (Å²) in [5.41, 5.74) is -0.217. The molecule has 0 aromatic heterocycles. The number of piperidine rings is 1. The second kappa shape index (κ2) is 7.41. The molecule has 1 saturated heterocycles. The first-order valence-electron chi connectivity index (χ1n) is 8.36. The Morgan fingerprint density at radius 1 is 1.35 bits per heavy atom. The summed E-state index contributed by atoms with van der Waals surface area (Å²) in [4.78, 5) is 15.2. The predicted octanol–water partition coefficient (Wildman–Crippen LogP) is 1.92. The van der Waals surface area contributed by atoms with Gasteiger partial charge in [0.1, 0.15) is 0 Å². The van der Waals surface area contributed by atoms with Crippen molar-refractivity contribution in [3.8, 4) is 0 Å². The molecule has 4 nitrogen and oxygen atoms in total. The monoisotopic (exact) mass is 282 g/mol. The lowest BCUT2D eigenvalue weighted by Gasteiger charge is -2.42. The number of carbonyl (C=O) groups excluding carboxylic acids is 1. The molecule has 1 aliphatic carbocycles. The van der Waals surface area contributed by atoms with E-state index in [-0.39, 0.29) is 12.0 Å². The van der Waals surface area contributed by atoms with Crippen molar-refractivity contribution in [1.29, 1.82) is 0 Å². The molecule has 2 N–H and O–H groups in total. The molecular weight excluding hydrogens is 252 g/mol. The second-order valence-electron chi connectivity index (χ2n) is 6.47. The van der Waals surface area contributed by atoms with Gasteiger partial charge in [-0.2, -0.15) is 0 Å². The highest BCUT2D eigenvalue weighted by Crippen LogP contribution is 2.36. The molecule has 2 fully saturated rings. The topological polar surface area (TPSA) is 52.6 Å². The van der Waals surface area contributed by atoms with Gasteiger partial charge in [-0.1, -0.05) is 26.2 Å². The number of rotatable bonds is 6. The first-order chi connectivity index (χ1) is 9.73. The van der Waals surface area contributed by atoms with Crippen LogP contribution in [-0.2, 0) is 4.79 Å². The van der Waals surface area contributed by atoms with Gasteiger partial charge >= 0.3 is 0 Å². The van der Waals surface area contributed by atoms with Gasteiger partial charge in [-0.25, -0.2) is 0 Å². The maximum absolute atomic E-state index is 13.2. The molecule has 1 atom stereocenters. The molecule has 1 unspecified atom stereocenters. The van der Waals surface area contributed by atoms with Crippen molar-refractivity contribution in [2.75, 3.05) is 26.2 Å². The zero-order chi connectivity index (χ0) is 14.4. The number of amides is 1. The third-order valence-corrected chi connectivity index (χ3v) is 5.02. The van der Waals surface area contributed by atoms with Crippen molar-refractivity contribution in [3.05, 3.63) is 0 Å². The molecule has 4 heteroatoms. The fourth-order valence-electron chi connectivity index (χ4n) is 4.03. The fourth-order valence-corrected chi connectivity index (χ4v) is 4.03. The van der Waals surface area contributed by atoms with Crippen molar-refractivity contribution >= 4 is 5.91 Å². The predicted molar refractivity (Wildman–Crippen MR) is 80.5 cm³/mol. The van der Waals surface area contributed by atoms with Gasteiger partial charge in [-0.05, 0) is 38.6 Å². The zero-order valence-electron chi connectivity index (χ0n) is 12.9. The van der Waals surface area contributed by atoms with E-state index < -0.39 is 0 Å². The summed E-state index contributed by atoms with van der Waals surface area (Å²) in [6.45, 7) is 4.60. The van der Waals surface area contributed by atoms with E-state index in [9.17, 15) is 9.90 Å². The van der Waals surface area contributed by atoms with Crippen molar-refractivity contribution in [2.45, 2.75) is 64.3 Å². The minimum atomic E-state index is -0.217. The Bertz CT molecular complexity index is 302. The van der Waals surface area contributed by atoms with Gasteiger partial charge in [0.05, 0.1) is 12.0 Å². The minimum Gasteiger partial charge on any atom is -0.395 e. The Kier molecular flexibility index (Phi) is 5.85. The molecule has 1 heterocycles. The SMILES string of the molecule is CCCC1(C(=O)N(CCO)C2CCCC2)CCCNC1. The Morgan fingerprint density at radius 2 is 2.10 bits per heavy atom. The number of aliphatic hydroxyl groups is 1. The Labute approximate surface area is 122 Å². The molecule has 2 aliphatic rings. The van der Waals surface area contributed by atoms with E-state index in [1.165, 1.54) is 12.8 Å².